The number of anilines is 2. The number of hydrogen-bond donors (Lipinski definition) is 2. The molecule has 1 aliphatic rings. The minimum Gasteiger partial charge on any atom is -0.449 e. The number of nitrogens with zero attached hydrogens (tertiary/aromatic N) is 2. The van der Waals surface area contributed by atoms with Crippen LogP contribution < -0.4 is 16.0 Å². The molecule has 182 valence electrons. The van der Waals surface area contributed by atoms with Crippen molar-refractivity contribution in [1.29, 1.82) is 0 Å². The monoisotopic (exact) mass is 488 g/mol. The average Bonchev–Trinajstić information content (AvgIpc) is 3.33. The molecule has 0 spiro atoms. The van der Waals surface area contributed by atoms with Crippen LogP contribution >= 0.6 is 0 Å². The van der Waals surface area contributed by atoms with Crippen molar-refractivity contribution in [2.75, 3.05) is 37.4 Å². The van der Waals surface area contributed by atoms with Crippen LogP contribution in [-0.2, 0) is 19.6 Å². The van der Waals surface area contributed by atoms with E-state index in [0.29, 0.717) is 16.9 Å². The molecule has 34 heavy (non-hydrogen) atoms. The van der Waals surface area contributed by atoms with Gasteiger partial charge in [-0.15, -0.1) is 0 Å². The van der Waals surface area contributed by atoms with Gasteiger partial charge >= 0.3 is 5.97 Å². The van der Waals surface area contributed by atoms with E-state index in [4.69, 9.17) is 10.5 Å². The van der Waals surface area contributed by atoms with E-state index in [0.717, 1.165) is 30.2 Å². The van der Waals surface area contributed by atoms with Gasteiger partial charge in [0.05, 0.1) is 16.1 Å². The summed E-state index contributed by atoms with van der Waals surface area (Å²) in [5, 5.41) is 2.60. The highest BCUT2D eigenvalue weighted by Gasteiger charge is 2.27. The molecule has 0 bridgehead atoms. The molecule has 0 radical (unpaired) electrons. The number of rotatable bonds is 8. The number of nitrogens with two attached hydrogens (primary N) is 1. The number of carbonyl (C=O) groups excluding carboxylic acids is 3. The molecule has 1 heterocycles. The summed E-state index contributed by atoms with van der Waals surface area (Å²) in [6.07, 6.45) is 0.753. The molecule has 1 aliphatic heterocycles. The molecule has 2 amide bonds. The summed E-state index contributed by atoms with van der Waals surface area (Å²) < 4.78 is 31.7. The minimum absolute atomic E-state index is 0.0426. The van der Waals surface area contributed by atoms with Gasteiger partial charge in [0.15, 0.2) is 6.10 Å². The second-order valence-corrected chi connectivity index (χ2v) is 10.3. The second kappa shape index (κ2) is 10.2. The fraction of sp³-hybridized carbons (Fsp3) is 0.348. The average molecular weight is 489 g/mol. The van der Waals surface area contributed by atoms with E-state index < -0.39 is 33.9 Å². The van der Waals surface area contributed by atoms with Crippen LogP contribution in [0.5, 0.6) is 0 Å². The van der Waals surface area contributed by atoms with Gasteiger partial charge in [-0.05, 0) is 62.2 Å². The summed E-state index contributed by atoms with van der Waals surface area (Å²) >= 11 is 0. The molecule has 0 aliphatic carbocycles. The number of esters is 1. The lowest BCUT2D eigenvalue weighted by molar-refractivity contribution is -0.123. The quantitative estimate of drug-likeness (QED) is 0.540. The largest absolute Gasteiger partial charge is 0.449 e. The van der Waals surface area contributed by atoms with Gasteiger partial charge < -0.3 is 20.7 Å². The van der Waals surface area contributed by atoms with Crippen LogP contribution in [0, 0.1) is 0 Å². The van der Waals surface area contributed by atoms with Gasteiger partial charge in [-0.1, -0.05) is 0 Å². The number of benzene rings is 2. The number of hydrogen-bond acceptors (Lipinski definition) is 7. The minimum atomic E-state index is -3.77. The zero-order valence-corrected chi connectivity index (χ0v) is 20.1. The summed E-state index contributed by atoms with van der Waals surface area (Å²) in [5.74, 6) is -1.98. The third-order valence-corrected chi connectivity index (χ3v) is 7.31. The van der Waals surface area contributed by atoms with Crippen molar-refractivity contribution in [3.63, 3.8) is 0 Å². The number of amides is 2. The van der Waals surface area contributed by atoms with Crippen LogP contribution in [0.2, 0.25) is 0 Å². The van der Waals surface area contributed by atoms with E-state index in [-0.39, 0.29) is 10.5 Å². The summed E-state index contributed by atoms with van der Waals surface area (Å²) in [4.78, 5) is 38.8. The molecule has 1 fully saturated rings. The van der Waals surface area contributed by atoms with E-state index in [1.165, 1.54) is 57.4 Å². The lowest BCUT2D eigenvalue weighted by Crippen LogP contribution is -2.31. The van der Waals surface area contributed by atoms with E-state index in [9.17, 15) is 22.8 Å². The summed E-state index contributed by atoms with van der Waals surface area (Å²) in [6.45, 7) is 2.88. The Morgan fingerprint density at radius 3 is 2.24 bits per heavy atom. The smallest absolute Gasteiger partial charge is 0.341 e. The number of nitrogens with one attached hydrogen (secondary N) is 1. The van der Waals surface area contributed by atoms with Crippen molar-refractivity contribution in [1.82, 2.24) is 4.31 Å². The Morgan fingerprint density at radius 1 is 1.06 bits per heavy atom. The molecular weight excluding hydrogens is 460 g/mol. The Labute approximate surface area is 198 Å². The lowest BCUT2D eigenvalue weighted by atomic mass is 10.1. The van der Waals surface area contributed by atoms with Crippen molar-refractivity contribution >= 4 is 39.2 Å². The van der Waals surface area contributed by atoms with Crippen molar-refractivity contribution in [2.24, 2.45) is 5.73 Å². The maximum absolute atomic E-state index is 13.1. The van der Waals surface area contributed by atoms with Gasteiger partial charge in [0.1, 0.15) is 0 Å². The first-order chi connectivity index (χ1) is 16.0. The van der Waals surface area contributed by atoms with Crippen molar-refractivity contribution in [3.8, 4) is 0 Å². The molecule has 1 atom stereocenters. The van der Waals surface area contributed by atoms with Crippen LogP contribution in [-0.4, -0.2) is 63.8 Å². The third kappa shape index (κ3) is 5.54. The van der Waals surface area contributed by atoms with Crippen LogP contribution in [0.25, 0.3) is 0 Å². The van der Waals surface area contributed by atoms with Crippen molar-refractivity contribution in [3.05, 3.63) is 53.6 Å². The zero-order chi connectivity index (χ0) is 25.0. The van der Waals surface area contributed by atoms with E-state index in [1.807, 2.05) is 4.90 Å². The SMILES string of the molecule is C[C@@H](OC(=O)c1cc(S(=O)(=O)N(C)C)ccc1N1CCCC1)C(=O)Nc1ccc(C(N)=O)cc1. The number of primary amides is 1. The molecule has 2 aromatic rings. The Balaban J connectivity index is 1.81. The summed E-state index contributed by atoms with van der Waals surface area (Å²) in [5.41, 5.74) is 6.54. The first-order valence-electron chi connectivity index (χ1n) is 10.7. The lowest BCUT2D eigenvalue weighted by Gasteiger charge is -2.23. The van der Waals surface area contributed by atoms with E-state index in [2.05, 4.69) is 5.32 Å². The van der Waals surface area contributed by atoms with Gasteiger partial charge in [-0.2, -0.15) is 0 Å². The predicted molar refractivity (Wildman–Crippen MR) is 127 cm³/mol. The molecule has 11 heteroatoms. The fourth-order valence-electron chi connectivity index (χ4n) is 3.52. The number of ether oxygens (including phenoxy) is 1. The molecule has 3 rings (SSSR count). The number of sulfonamides is 1. The zero-order valence-electron chi connectivity index (χ0n) is 19.3. The number of carbonyl (C=O) groups is 3. The molecule has 3 N–H and O–H groups in total. The topological polar surface area (TPSA) is 139 Å². The van der Waals surface area contributed by atoms with Gasteiger partial charge in [0, 0.05) is 38.4 Å². The van der Waals surface area contributed by atoms with Gasteiger partial charge in [0.25, 0.3) is 5.91 Å². The van der Waals surface area contributed by atoms with Gasteiger partial charge in [0.2, 0.25) is 15.9 Å². The van der Waals surface area contributed by atoms with Crippen LogP contribution in [0.3, 0.4) is 0 Å². The van der Waals surface area contributed by atoms with Gasteiger partial charge in [-0.25, -0.2) is 17.5 Å². The van der Waals surface area contributed by atoms with E-state index >= 15 is 0 Å². The highest BCUT2D eigenvalue weighted by Crippen LogP contribution is 2.29. The molecule has 10 nitrogen and oxygen atoms in total. The molecule has 2 aromatic carbocycles. The summed E-state index contributed by atoms with van der Waals surface area (Å²) in [6, 6.07) is 10.3. The molecular formula is C23H28N4O6S. The van der Waals surface area contributed by atoms with Crippen molar-refractivity contribution in [2.45, 2.75) is 30.8 Å². The molecule has 0 saturated carbocycles. The highest BCUT2D eigenvalue weighted by molar-refractivity contribution is 7.89. The Morgan fingerprint density at radius 2 is 1.68 bits per heavy atom. The maximum Gasteiger partial charge on any atom is 0.341 e. The first-order valence-corrected chi connectivity index (χ1v) is 12.2. The van der Waals surface area contributed by atoms with Gasteiger partial charge in [-0.3, -0.25) is 9.59 Å². The molecule has 1 saturated heterocycles. The summed E-state index contributed by atoms with van der Waals surface area (Å²) in [7, 11) is -0.960. The molecule has 0 unspecified atom stereocenters. The standard InChI is InChI=1S/C23H28N4O6S/c1-15(22(29)25-17-8-6-16(7-9-17)21(24)28)33-23(30)19-14-18(34(31,32)26(2)3)10-11-20(19)27-12-4-5-13-27/h6-11,14-15H,4-5,12-13H2,1-3H3,(H2,24,28)(H,25,29)/t15-/m1/s1. The fourth-order valence-corrected chi connectivity index (χ4v) is 4.45. The van der Waals surface area contributed by atoms with Crippen LogP contribution in [0.15, 0.2) is 47.4 Å². The van der Waals surface area contributed by atoms with Crippen LogP contribution in [0.4, 0.5) is 11.4 Å². The Hall–Kier alpha value is -3.44. The Bertz CT molecular complexity index is 1190. The Kier molecular flexibility index (Phi) is 7.57. The second-order valence-electron chi connectivity index (χ2n) is 8.14. The van der Waals surface area contributed by atoms with Crippen LogP contribution in [0.1, 0.15) is 40.5 Å². The highest BCUT2D eigenvalue weighted by atomic mass is 32.2. The van der Waals surface area contributed by atoms with E-state index in [1.54, 1.807) is 6.07 Å². The normalized spacial score (nSPS) is 14.6. The first kappa shape index (κ1) is 25.2. The van der Waals surface area contributed by atoms with Crippen molar-refractivity contribution < 1.29 is 27.5 Å². The molecule has 0 aromatic heterocycles. The maximum atomic E-state index is 13.1. The predicted octanol–water partition coefficient (Wildman–Crippen LogP) is 1.82. The third-order valence-electron chi connectivity index (χ3n) is 5.50.